The van der Waals surface area contributed by atoms with Crippen LogP contribution >= 0.6 is 0 Å². The molecule has 1 heterocycles. The van der Waals surface area contributed by atoms with Crippen molar-refractivity contribution in [1.29, 1.82) is 0 Å². The molecule has 0 aliphatic rings. The Morgan fingerprint density at radius 2 is 0.930 bits per heavy atom. The molecule has 0 amide bonds. The fourth-order valence-electron chi connectivity index (χ4n) is 5.92. The van der Waals surface area contributed by atoms with Crippen LogP contribution in [-0.4, -0.2) is 0 Å². The highest BCUT2D eigenvalue weighted by Gasteiger charge is 2.18. The van der Waals surface area contributed by atoms with E-state index in [2.05, 4.69) is 0 Å². The monoisotopic (exact) mass is 560 g/mol. The van der Waals surface area contributed by atoms with Crippen molar-refractivity contribution in [1.82, 2.24) is 0 Å². The van der Waals surface area contributed by atoms with Crippen LogP contribution in [0.25, 0.3) is 87.6 Å². The summed E-state index contributed by atoms with van der Waals surface area (Å²) in [7, 11) is 0. The van der Waals surface area contributed by atoms with Gasteiger partial charge >= 0.3 is 0 Å². The lowest BCUT2D eigenvalue weighted by Crippen LogP contribution is -1.91. The van der Waals surface area contributed by atoms with Gasteiger partial charge in [-0.1, -0.05) is 139 Å². The minimum Gasteiger partial charge on any atom is -0.455 e. The fourth-order valence-corrected chi connectivity index (χ4v) is 5.92. The van der Waals surface area contributed by atoms with E-state index in [1.54, 1.807) is 24.3 Å². The standard InChI is InChI=1S/C42H26O/c1-2-10-27(11-3-1)28-18-20-30(21-19-28)40-34-14-6-8-16-36(34)41(37-17-9-7-15-35(37)40)31-23-24-33-38-25-22-29-12-4-5-13-32(29)42(38)43-39(33)26-31/h1-26H/i4D,5D,6D,7D,8D,9D,12D,13D,14D,15D,16D,17D,22D,25D. The van der Waals surface area contributed by atoms with Crippen LogP contribution in [0.3, 0.4) is 0 Å². The van der Waals surface area contributed by atoms with Crippen LogP contribution in [0.2, 0.25) is 0 Å². The van der Waals surface area contributed by atoms with Crippen LogP contribution in [0.1, 0.15) is 19.2 Å². The molecule has 0 unspecified atom stereocenters. The number of fused-ring (bicyclic) bond motifs is 7. The minimum atomic E-state index is -0.554. The maximum atomic E-state index is 9.27. The van der Waals surface area contributed by atoms with E-state index in [0.29, 0.717) is 10.9 Å². The maximum absolute atomic E-state index is 9.27. The molecule has 0 radical (unpaired) electrons. The molecule has 8 aromatic carbocycles. The van der Waals surface area contributed by atoms with Gasteiger partial charge in [0.2, 0.25) is 0 Å². The summed E-state index contributed by atoms with van der Waals surface area (Å²) >= 11 is 0. The molecule has 9 aromatic rings. The van der Waals surface area contributed by atoms with Gasteiger partial charge in [0.15, 0.2) is 0 Å². The van der Waals surface area contributed by atoms with Gasteiger partial charge in [0, 0.05) is 16.2 Å². The van der Waals surface area contributed by atoms with Crippen molar-refractivity contribution in [3.63, 3.8) is 0 Å². The van der Waals surface area contributed by atoms with Crippen molar-refractivity contribution in [3.8, 4) is 33.4 Å². The summed E-state index contributed by atoms with van der Waals surface area (Å²) in [4.78, 5) is 0. The first-order chi connectivity index (χ1) is 27.1. The second-order valence-corrected chi connectivity index (χ2v) is 10.2. The highest BCUT2D eigenvalue weighted by molar-refractivity contribution is 6.22. The molecule has 1 heteroatoms. The summed E-state index contributed by atoms with van der Waals surface area (Å²) in [6.45, 7) is 0. The van der Waals surface area contributed by atoms with Crippen LogP contribution in [0, 0.1) is 0 Å². The quantitative estimate of drug-likeness (QED) is 0.196. The Labute approximate surface area is 268 Å². The van der Waals surface area contributed by atoms with Crippen molar-refractivity contribution in [2.24, 2.45) is 0 Å². The molecular formula is C42H26O. The topological polar surface area (TPSA) is 13.1 Å². The van der Waals surface area contributed by atoms with Gasteiger partial charge in [0.1, 0.15) is 11.2 Å². The summed E-state index contributed by atoms with van der Waals surface area (Å²) in [6.07, 6.45) is 0. The van der Waals surface area contributed by atoms with Crippen molar-refractivity contribution in [2.75, 3.05) is 0 Å². The van der Waals surface area contributed by atoms with E-state index in [1.807, 2.05) is 42.5 Å². The lowest BCUT2D eigenvalue weighted by molar-refractivity contribution is 0.673. The molecule has 9 rings (SSSR count). The van der Waals surface area contributed by atoms with Crippen LogP contribution in [-0.2, 0) is 0 Å². The highest BCUT2D eigenvalue weighted by Crippen LogP contribution is 2.45. The van der Waals surface area contributed by atoms with Crippen molar-refractivity contribution < 1.29 is 23.6 Å². The van der Waals surface area contributed by atoms with E-state index in [4.69, 9.17) is 18.1 Å². The van der Waals surface area contributed by atoms with Crippen molar-refractivity contribution in [2.45, 2.75) is 0 Å². The predicted molar refractivity (Wildman–Crippen MR) is 183 cm³/mol. The number of furan rings is 1. The molecule has 0 aliphatic heterocycles. The average molecular weight is 561 g/mol. The maximum Gasteiger partial charge on any atom is 0.143 e. The minimum absolute atomic E-state index is 0.00492. The normalized spacial score (nSPS) is 16.3. The molecule has 0 saturated heterocycles. The van der Waals surface area contributed by atoms with Crippen molar-refractivity contribution >= 4 is 54.3 Å². The van der Waals surface area contributed by atoms with Gasteiger partial charge in [0.05, 0.1) is 19.2 Å². The van der Waals surface area contributed by atoms with Gasteiger partial charge in [-0.2, -0.15) is 0 Å². The summed E-state index contributed by atoms with van der Waals surface area (Å²) in [5.74, 6) is 0. The molecule has 0 bridgehead atoms. The Bertz CT molecular complexity index is 3180. The van der Waals surface area contributed by atoms with Crippen LogP contribution in [0.4, 0.5) is 0 Å². The van der Waals surface area contributed by atoms with Gasteiger partial charge < -0.3 is 4.42 Å². The zero-order chi connectivity index (χ0) is 40.5. The Morgan fingerprint density at radius 1 is 0.395 bits per heavy atom. The molecule has 0 fully saturated rings. The summed E-state index contributed by atoms with van der Waals surface area (Å²) in [6, 6.07) is 14.9. The van der Waals surface area contributed by atoms with Crippen LogP contribution in [0.5, 0.6) is 0 Å². The van der Waals surface area contributed by atoms with Gasteiger partial charge in [0.25, 0.3) is 0 Å². The van der Waals surface area contributed by atoms with E-state index in [9.17, 15) is 5.48 Å². The largest absolute Gasteiger partial charge is 0.455 e. The summed E-state index contributed by atoms with van der Waals surface area (Å²) in [5.41, 5.74) is 2.87. The molecule has 0 N–H and O–H groups in total. The van der Waals surface area contributed by atoms with Crippen LogP contribution in [0.15, 0.2) is 162 Å². The SMILES string of the molecule is [2H]c1c([2H])c([2H])c2c(-c3ccc4c(c3)oc3c5c([2H])c([2H])c([2H])c([2H])c5c([2H])c([2H])c43)c3c([2H])c([2H])c([2H])c([2H])c3c(-c3ccc(-c4ccccc4)cc3)c2c1[2H]. The zero-order valence-corrected chi connectivity index (χ0v) is 22.3. The van der Waals surface area contributed by atoms with E-state index in [-0.39, 0.29) is 71.6 Å². The molecule has 0 spiro atoms. The fraction of sp³-hybridized carbons (Fsp3) is 0. The molecule has 43 heavy (non-hydrogen) atoms. The van der Waals surface area contributed by atoms with E-state index in [0.717, 1.165) is 11.1 Å². The molecule has 0 atom stereocenters. The Kier molecular flexibility index (Phi) is 3.07. The third-order valence-electron chi connectivity index (χ3n) is 7.86. The number of benzene rings is 8. The summed E-state index contributed by atoms with van der Waals surface area (Å²) in [5, 5.41) is 0.308. The third-order valence-corrected chi connectivity index (χ3v) is 7.86. The third kappa shape index (κ3) is 3.72. The Morgan fingerprint density at radius 3 is 1.60 bits per heavy atom. The van der Waals surface area contributed by atoms with E-state index in [1.165, 1.54) is 6.07 Å². The lowest BCUT2D eigenvalue weighted by Gasteiger charge is -2.18. The molecule has 1 nitrogen and oxygen atoms in total. The van der Waals surface area contributed by atoms with Gasteiger partial charge in [-0.3, -0.25) is 0 Å². The molecule has 200 valence electrons. The number of rotatable bonds is 3. The smallest absolute Gasteiger partial charge is 0.143 e. The number of hydrogen-bond donors (Lipinski definition) is 0. The highest BCUT2D eigenvalue weighted by atomic mass is 16.3. The lowest BCUT2D eigenvalue weighted by atomic mass is 9.85. The summed E-state index contributed by atoms with van der Waals surface area (Å²) < 4.78 is 129. The first kappa shape index (κ1) is 14.0. The van der Waals surface area contributed by atoms with Crippen molar-refractivity contribution in [3.05, 3.63) is 157 Å². The Balaban J connectivity index is 1.45. The first-order valence-corrected chi connectivity index (χ1v) is 13.6. The number of hydrogen-bond acceptors (Lipinski definition) is 1. The van der Waals surface area contributed by atoms with Gasteiger partial charge in [-0.05, 0) is 78.5 Å². The van der Waals surface area contributed by atoms with Gasteiger partial charge in [-0.15, -0.1) is 0 Å². The molecule has 1 aromatic heterocycles. The van der Waals surface area contributed by atoms with E-state index < -0.39 is 78.6 Å². The Hall–Kier alpha value is -5.66. The molecule has 0 aliphatic carbocycles. The van der Waals surface area contributed by atoms with E-state index >= 15 is 0 Å². The van der Waals surface area contributed by atoms with Crippen LogP contribution < -0.4 is 0 Å². The first-order valence-electron chi connectivity index (χ1n) is 20.6. The zero-order valence-electron chi connectivity index (χ0n) is 36.3. The second-order valence-electron chi connectivity index (χ2n) is 10.2. The van der Waals surface area contributed by atoms with Gasteiger partial charge in [-0.25, -0.2) is 0 Å². The predicted octanol–water partition coefficient (Wildman–Crippen LogP) is 12.0. The molecular weight excluding hydrogens is 520 g/mol. The average Bonchev–Trinajstić information content (AvgIpc) is 3.61. The second kappa shape index (κ2) is 9.44. The molecule has 0 saturated carbocycles.